The van der Waals surface area contributed by atoms with Crippen molar-refractivity contribution in [1.82, 2.24) is 5.32 Å². The molecule has 2 nitrogen and oxygen atoms in total. The summed E-state index contributed by atoms with van der Waals surface area (Å²) in [6, 6.07) is 5.77. The largest absolute Gasteiger partial charge is 0.494 e. The molecule has 2 rings (SSSR count). The van der Waals surface area contributed by atoms with Gasteiger partial charge in [0.2, 0.25) is 0 Å². The van der Waals surface area contributed by atoms with E-state index >= 15 is 0 Å². The fourth-order valence-corrected chi connectivity index (χ4v) is 1.85. The maximum Gasteiger partial charge on any atom is 0.165 e. The van der Waals surface area contributed by atoms with E-state index in [0.717, 1.165) is 18.5 Å². The SMILES string of the molecule is CCC(=Cc1ccc(OC)c(F)c1)CNC1CC1. The Morgan fingerprint density at radius 2 is 2.28 bits per heavy atom. The van der Waals surface area contributed by atoms with Crippen molar-refractivity contribution in [2.45, 2.75) is 32.2 Å². The third-order valence-electron chi connectivity index (χ3n) is 3.20. The van der Waals surface area contributed by atoms with Crippen LogP contribution >= 0.6 is 0 Å². The maximum absolute atomic E-state index is 13.6. The number of rotatable bonds is 6. The predicted molar refractivity (Wildman–Crippen MR) is 72.2 cm³/mol. The molecule has 1 aliphatic rings. The molecule has 1 aliphatic carbocycles. The van der Waals surface area contributed by atoms with Crippen molar-refractivity contribution >= 4 is 6.08 Å². The average Bonchev–Trinajstić information content (AvgIpc) is 3.18. The highest BCUT2D eigenvalue weighted by Crippen LogP contribution is 2.21. The molecular weight excluding hydrogens is 229 g/mol. The Morgan fingerprint density at radius 3 is 2.83 bits per heavy atom. The number of methoxy groups -OCH3 is 1. The molecule has 0 atom stereocenters. The monoisotopic (exact) mass is 249 g/mol. The van der Waals surface area contributed by atoms with Crippen LogP contribution in [0.25, 0.3) is 6.08 Å². The second-order valence-corrected chi connectivity index (χ2v) is 4.71. The summed E-state index contributed by atoms with van der Waals surface area (Å²) in [7, 11) is 1.48. The van der Waals surface area contributed by atoms with Gasteiger partial charge in [-0.25, -0.2) is 4.39 Å². The van der Waals surface area contributed by atoms with E-state index in [1.54, 1.807) is 6.07 Å². The summed E-state index contributed by atoms with van der Waals surface area (Å²) in [4.78, 5) is 0. The van der Waals surface area contributed by atoms with Crippen LogP contribution in [0.15, 0.2) is 23.8 Å². The molecule has 0 heterocycles. The lowest BCUT2D eigenvalue weighted by Crippen LogP contribution is -2.18. The minimum absolute atomic E-state index is 0.293. The van der Waals surface area contributed by atoms with Gasteiger partial charge in [0.15, 0.2) is 11.6 Å². The van der Waals surface area contributed by atoms with E-state index in [4.69, 9.17) is 4.74 Å². The first-order chi connectivity index (χ1) is 8.72. The number of nitrogens with one attached hydrogen (secondary N) is 1. The van der Waals surface area contributed by atoms with Crippen LogP contribution in [0.4, 0.5) is 4.39 Å². The molecular formula is C15H20FNO. The van der Waals surface area contributed by atoms with Crippen LogP contribution < -0.4 is 10.1 Å². The van der Waals surface area contributed by atoms with Gasteiger partial charge in [-0.2, -0.15) is 0 Å². The Balaban J connectivity index is 2.05. The van der Waals surface area contributed by atoms with Gasteiger partial charge in [-0.3, -0.25) is 0 Å². The summed E-state index contributed by atoms with van der Waals surface area (Å²) in [6.45, 7) is 3.02. The molecule has 0 radical (unpaired) electrons. The molecule has 18 heavy (non-hydrogen) atoms. The molecule has 98 valence electrons. The van der Waals surface area contributed by atoms with E-state index in [9.17, 15) is 4.39 Å². The van der Waals surface area contributed by atoms with Gasteiger partial charge in [0.05, 0.1) is 7.11 Å². The zero-order valence-electron chi connectivity index (χ0n) is 11.0. The molecule has 1 saturated carbocycles. The number of benzene rings is 1. The Bertz CT molecular complexity index is 438. The van der Waals surface area contributed by atoms with Crippen LogP contribution in [0, 0.1) is 5.82 Å². The number of hydrogen-bond donors (Lipinski definition) is 1. The fourth-order valence-electron chi connectivity index (χ4n) is 1.85. The highest BCUT2D eigenvalue weighted by atomic mass is 19.1. The van der Waals surface area contributed by atoms with Gasteiger partial charge in [0, 0.05) is 12.6 Å². The summed E-state index contributed by atoms with van der Waals surface area (Å²) < 4.78 is 18.5. The molecule has 1 fully saturated rings. The first-order valence-corrected chi connectivity index (χ1v) is 6.49. The zero-order chi connectivity index (χ0) is 13.0. The molecule has 0 aliphatic heterocycles. The molecule has 0 bridgehead atoms. The number of hydrogen-bond acceptors (Lipinski definition) is 2. The van der Waals surface area contributed by atoms with E-state index in [-0.39, 0.29) is 5.82 Å². The van der Waals surface area contributed by atoms with Gasteiger partial charge in [-0.05, 0) is 37.0 Å². The first kappa shape index (κ1) is 13.1. The third kappa shape index (κ3) is 3.57. The van der Waals surface area contributed by atoms with Gasteiger partial charge in [-0.1, -0.05) is 24.6 Å². The first-order valence-electron chi connectivity index (χ1n) is 6.49. The van der Waals surface area contributed by atoms with Gasteiger partial charge in [0.1, 0.15) is 0 Å². The lowest BCUT2D eigenvalue weighted by molar-refractivity contribution is 0.386. The Kier molecular flexibility index (Phi) is 4.37. The average molecular weight is 249 g/mol. The van der Waals surface area contributed by atoms with E-state index in [1.807, 2.05) is 6.07 Å². The molecule has 0 unspecified atom stereocenters. The Hall–Kier alpha value is -1.35. The molecule has 0 amide bonds. The van der Waals surface area contributed by atoms with E-state index in [1.165, 1.54) is 31.6 Å². The molecule has 3 heteroatoms. The van der Waals surface area contributed by atoms with Crippen LogP contribution in [0.2, 0.25) is 0 Å². The lowest BCUT2D eigenvalue weighted by Gasteiger charge is -2.07. The fraction of sp³-hybridized carbons (Fsp3) is 0.467. The second kappa shape index (κ2) is 6.01. The van der Waals surface area contributed by atoms with Crippen molar-refractivity contribution in [3.63, 3.8) is 0 Å². The molecule has 0 saturated heterocycles. The molecule has 0 aromatic heterocycles. The van der Waals surface area contributed by atoms with Crippen molar-refractivity contribution in [1.29, 1.82) is 0 Å². The molecule has 1 N–H and O–H groups in total. The third-order valence-corrected chi connectivity index (χ3v) is 3.20. The van der Waals surface area contributed by atoms with Crippen LogP contribution in [0.1, 0.15) is 31.7 Å². The summed E-state index contributed by atoms with van der Waals surface area (Å²) in [6.07, 6.45) is 5.60. The highest BCUT2D eigenvalue weighted by Gasteiger charge is 2.20. The van der Waals surface area contributed by atoms with Crippen molar-refractivity contribution in [3.05, 3.63) is 35.2 Å². The molecule has 1 aromatic carbocycles. The smallest absolute Gasteiger partial charge is 0.165 e. The van der Waals surface area contributed by atoms with Crippen molar-refractivity contribution in [2.24, 2.45) is 0 Å². The topological polar surface area (TPSA) is 21.3 Å². The normalized spacial score (nSPS) is 15.8. The van der Waals surface area contributed by atoms with E-state index in [2.05, 4.69) is 18.3 Å². The highest BCUT2D eigenvalue weighted by molar-refractivity contribution is 5.54. The van der Waals surface area contributed by atoms with Crippen LogP contribution in [0.5, 0.6) is 5.75 Å². The standard InChI is InChI=1S/C15H20FNO/c1-3-11(10-17-13-5-6-13)8-12-4-7-15(18-2)14(16)9-12/h4,7-9,13,17H,3,5-6,10H2,1-2H3. The number of halogens is 1. The summed E-state index contributed by atoms with van der Waals surface area (Å²) in [5.41, 5.74) is 2.19. The van der Waals surface area contributed by atoms with Crippen molar-refractivity contribution in [3.8, 4) is 5.75 Å². The van der Waals surface area contributed by atoms with Crippen LogP contribution in [-0.2, 0) is 0 Å². The Morgan fingerprint density at radius 1 is 1.50 bits per heavy atom. The minimum Gasteiger partial charge on any atom is -0.494 e. The van der Waals surface area contributed by atoms with Gasteiger partial charge in [-0.15, -0.1) is 0 Å². The van der Waals surface area contributed by atoms with E-state index in [0.29, 0.717) is 11.8 Å². The van der Waals surface area contributed by atoms with E-state index < -0.39 is 0 Å². The van der Waals surface area contributed by atoms with Crippen molar-refractivity contribution < 1.29 is 9.13 Å². The second-order valence-electron chi connectivity index (χ2n) is 4.71. The molecule has 0 spiro atoms. The minimum atomic E-state index is -0.308. The summed E-state index contributed by atoms with van der Waals surface area (Å²) >= 11 is 0. The lowest BCUT2D eigenvalue weighted by atomic mass is 10.1. The Labute approximate surface area is 108 Å². The zero-order valence-corrected chi connectivity index (χ0v) is 11.0. The van der Waals surface area contributed by atoms with Gasteiger partial charge < -0.3 is 10.1 Å². The predicted octanol–water partition coefficient (Wildman–Crippen LogP) is 3.38. The van der Waals surface area contributed by atoms with Crippen LogP contribution in [-0.4, -0.2) is 19.7 Å². The van der Waals surface area contributed by atoms with Crippen molar-refractivity contribution in [2.75, 3.05) is 13.7 Å². The van der Waals surface area contributed by atoms with Gasteiger partial charge in [0.25, 0.3) is 0 Å². The summed E-state index contributed by atoms with van der Waals surface area (Å²) in [5, 5.41) is 3.48. The summed E-state index contributed by atoms with van der Waals surface area (Å²) in [5.74, 6) is -0.0156. The quantitative estimate of drug-likeness (QED) is 0.834. The number of ether oxygens (including phenoxy) is 1. The van der Waals surface area contributed by atoms with Gasteiger partial charge >= 0.3 is 0 Å². The maximum atomic E-state index is 13.6. The van der Waals surface area contributed by atoms with Crippen LogP contribution in [0.3, 0.4) is 0 Å². The molecule has 1 aromatic rings.